The number of anilines is 1. The van der Waals surface area contributed by atoms with E-state index in [2.05, 4.69) is 10.5 Å². The Balaban J connectivity index is 1.38. The third-order valence-corrected chi connectivity index (χ3v) is 4.41. The van der Waals surface area contributed by atoms with Crippen LogP contribution in [0.3, 0.4) is 0 Å². The Labute approximate surface area is 172 Å². The molecule has 2 heterocycles. The van der Waals surface area contributed by atoms with Crippen molar-refractivity contribution in [3.63, 3.8) is 0 Å². The monoisotopic (exact) mass is 408 g/mol. The van der Waals surface area contributed by atoms with Crippen molar-refractivity contribution in [2.75, 3.05) is 25.1 Å². The van der Waals surface area contributed by atoms with Gasteiger partial charge in [-0.3, -0.25) is 4.79 Å². The van der Waals surface area contributed by atoms with Gasteiger partial charge in [-0.2, -0.15) is 0 Å². The Bertz CT molecular complexity index is 1060. The van der Waals surface area contributed by atoms with Gasteiger partial charge in [0.1, 0.15) is 13.2 Å². The van der Waals surface area contributed by atoms with Crippen LogP contribution in [0.1, 0.15) is 23.0 Å². The van der Waals surface area contributed by atoms with E-state index in [0.29, 0.717) is 54.0 Å². The molecule has 8 heteroatoms. The highest BCUT2D eigenvalue weighted by Gasteiger charge is 2.16. The normalized spacial score (nSPS) is 12.3. The fourth-order valence-corrected chi connectivity index (χ4v) is 3.00. The van der Waals surface area contributed by atoms with E-state index in [0.717, 1.165) is 5.56 Å². The van der Waals surface area contributed by atoms with E-state index >= 15 is 0 Å². The fourth-order valence-electron chi connectivity index (χ4n) is 3.00. The highest BCUT2D eigenvalue weighted by molar-refractivity contribution is 5.93. The first-order valence-electron chi connectivity index (χ1n) is 9.55. The van der Waals surface area contributed by atoms with Gasteiger partial charge in [0, 0.05) is 17.3 Å². The van der Waals surface area contributed by atoms with E-state index in [1.807, 2.05) is 18.2 Å². The predicted octanol–water partition coefficient (Wildman–Crippen LogP) is 3.47. The molecule has 0 unspecified atom stereocenters. The molecule has 1 amide bonds. The highest BCUT2D eigenvalue weighted by atomic mass is 16.6. The van der Waals surface area contributed by atoms with Gasteiger partial charge in [0.25, 0.3) is 0 Å². The summed E-state index contributed by atoms with van der Waals surface area (Å²) in [6.07, 6.45) is 0.0493. The number of nitrogens with zero attached hydrogens (tertiary/aromatic N) is 1. The molecular weight excluding hydrogens is 388 g/mol. The summed E-state index contributed by atoms with van der Waals surface area (Å²) < 4.78 is 21.4. The van der Waals surface area contributed by atoms with E-state index in [4.69, 9.17) is 18.7 Å². The van der Waals surface area contributed by atoms with Crippen LogP contribution in [-0.4, -0.2) is 36.9 Å². The topological polar surface area (TPSA) is 99.9 Å². The summed E-state index contributed by atoms with van der Waals surface area (Å²) >= 11 is 0. The van der Waals surface area contributed by atoms with Crippen molar-refractivity contribution >= 4 is 17.6 Å². The number of rotatable bonds is 6. The van der Waals surface area contributed by atoms with E-state index in [1.54, 1.807) is 37.3 Å². The van der Waals surface area contributed by atoms with Crippen LogP contribution in [0, 0.1) is 0 Å². The Hall–Kier alpha value is -3.81. The molecule has 1 N–H and O–H groups in total. The van der Waals surface area contributed by atoms with Gasteiger partial charge in [-0.25, -0.2) is 4.79 Å². The Morgan fingerprint density at radius 2 is 1.80 bits per heavy atom. The maximum Gasteiger partial charge on any atom is 0.338 e. The lowest BCUT2D eigenvalue weighted by molar-refractivity contribution is -0.115. The molecule has 2 aromatic carbocycles. The summed E-state index contributed by atoms with van der Waals surface area (Å²) in [6, 6.07) is 13.7. The van der Waals surface area contributed by atoms with Crippen LogP contribution in [0.4, 0.5) is 5.69 Å². The number of fused-ring (bicyclic) bond motifs is 1. The van der Waals surface area contributed by atoms with Crippen LogP contribution >= 0.6 is 0 Å². The quantitative estimate of drug-likeness (QED) is 0.624. The van der Waals surface area contributed by atoms with Crippen LogP contribution < -0.4 is 14.8 Å². The van der Waals surface area contributed by atoms with Gasteiger partial charge in [-0.15, -0.1) is 0 Å². The number of nitrogens with one attached hydrogen (secondary N) is 1. The van der Waals surface area contributed by atoms with E-state index in [-0.39, 0.29) is 12.3 Å². The van der Waals surface area contributed by atoms with Crippen molar-refractivity contribution in [2.45, 2.75) is 13.3 Å². The molecule has 30 heavy (non-hydrogen) atoms. The molecule has 0 saturated heterocycles. The van der Waals surface area contributed by atoms with Crippen molar-refractivity contribution in [3.8, 4) is 22.8 Å². The number of benzene rings is 2. The number of carbonyl (C=O) groups is 2. The van der Waals surface area contributed by atoms with Crippen molar-refractivity contribution in [1.29, 1.82) is 0 Å². The third kappa shape index (κ3) is 4.43. The molecule has 0 spiro atoms. The lowest BCUT2D eigenvalue weighted by Crippen LogP contribution is -2.15. The second kappa shape index (κ2) is 8.69. The zero-order chi connectivity index (χ0) is 20.9. The summed E-state index contributed by atoms with van der Waals surface area (Å²) in [7, 11) is 0. The molecule has 0 aliphatic carbocycles. The van der Waals surface area contributed by atoms with Crippen LogP contribution in [0.5, 0.6) is 11.5 Å². The van der Waals surface area contributed by atoms with E-state index < -0.39 is 5.97 Å². The number of hydrogen-bond donors (Lipinski definition) is 1. The Kier molecular flexibility index (Phi) is 5.65. The summed E-state index contributed by atoms with van der Waals surface area (Å²) in [5.74, 6) is 1.23. The van der Waals surface area contributed by atoms with E-state index in [9.17, 15) is 9.59 Å². The van der Waals surface area contributed by atoms with Crippen molar-refractivity contribution < 1.29 is 28.3 Å². The first-order chi connectivity index (χ1) is 14.6. The molecule has 8 nitrogen and oxygen atoms in total. The van der Waals surface area contributed by atoms with Crippen molar-refractivity contribution in [1.82, 2.24) is 5.16 Å². The number of hydrogen-bond acceptors (Lipinski definition) is 7. The zero-order valence-electron chi connectivity index (χ0n) is 16.3. The fraction of sp³-hybridized carbons (Fsp3) is 0.227. The second-order valence-electron chi connectivity index (χ2n) is 6.56. The van der Waals surface area contributed by atoms with E-state index in [1.165, 1.54) is 0 Å². The molecule has 1 aromatic heterocycles. The molecule has 1 aliphatic rings. The first-order valence-corrected chi connectivity index (χ1v) is 9.55. The van der Waals surface area contributed by atoms with Gasteiger partial charge in [-0.05, 0) is 49.4 Å². The average molecular weight is 408 g/mol. The van der Waals surface area contributed by atoms with Gasteiger partial charge >= 0.3 is 5.97 Å². The number of ether oxygens (including phenoxy) is 3. The van der Waals surface area contributed by atoms with Crippen molar-refractivity contribution in [2.24, 2.45) is 0 Å². The number of amides is 1. The molecule has 1 aliphatic heterocycles. The molecule has 0 atom stereocenters. The second-order valence-corrected chi connectivity index (χ2v) is 6.56. The molecule has 3 aromatic rings. The molecule has 0 fully saturated rings. The van der Waals surface area contributed by atoms with Gasteiger partial charge < -0.3 is 24.1 Å². The number of aromatic nitrogens is 1. The largest absolute Gasteiger partial charge is 0.486 e. The standard InChI is InChI=1S/C22H20N2O6/c1-2-27-22(26)14-3-6-16(7-4-14)23-21(25)13-17-12-19(30-24-17)15-5-8-18-20(11-15)29-10-9-28-18/h3-8,11-12H,2,9-10,13H2,1H3,(H,23,25). The van der Waals surface area contributed by atoms with Gasteiger partial charge in [0.05, 0.1) is 24.3 Å². The lowest BCUT2D eigenvalue weighted by Gasteiger charge is -2.18. The summed E-state index contributed by atoms with van der Waals surface area (Å²) in [5, 5.41) is 6.74. The first kappa shape index (κ1) is 19.5. The molecular formula is C22H20N2O6. The predicted molar refractivity (Wildman–Crippen MR) is 108 cm³/mol. The van der Waals surface area contributed by atoms with Crippen molar-refractivity contribution in [3.05, 3.63) is 59.8 Å². The minimum absolute atomic E-state index is 0.0493. The lowest BCUT2D eigenvalue weighted by atomic mass is 10.1. The van der Waals surface area contributed by atoms with Crippen LogP contribution in [0.25, 0.3) is 11.3 Å². The highest BCUT2D eigenvalue weighted by Crippen LogP contribution is 2.34. The summed E-state index contributed by atoms with van der Waals surface area (Å²) in [5.41, 5.74) is 2.28. The molecule has 4 rings (SSSR count). The van der Waals surface area contributed by atoms with Gasteiger partial charge in [-0.1, -0.05) is 5.16 Å². The zero-order valence-corrected chi connectivity index (χ0v) is 16.3. The Morgan fingerprint density at radius 3 is 2.57 bits per heavy atom. The molecule has 154 valence electrons. The van der Waals surface area contributed by atoms with Crippen LogP contribution in [0.15, 0.2) is 53.1 Å². The SMILES string of the molecule is CCOC(=O)c1ccc(NC(=O)Cc2cc(-c3ccc4c(c3)OCCO4)on2)cc1. The minimum atomic E-state index is -0.398. The summed E-state index contributed by atoms with van der Waals surface area (Å²) in [4.78, 5) is 24.0. The van der Waals surface area contributed by atoms with Gasteiger partial charge in [0.15, 0.2) is 17.3 Å². The van der Waals surface area contributed by atoms with Crippen LogP contribution in [-0.2, 0) is 16.0 Å². The molecule has 0 bridgehead atoms. The maximum absolute atomic E-state index is 12.3. The van der Waals surface area contributed by atoms with Crippen LogP contribution in [0.2, 0.25) is 0 Å². The number of esters is 1. The smallest absolute Gasteiger partial charge is 0.338 e. The average Bonchev–Trinajstić information content (AvgIpc) is 3.22. The summed E-state index contributed by atoms with van der Waals surface area (Å²) in [6.45, 7) is 3.08. The molecule has 0 radical (unpaired) electrons. The maximum atomic E-state index is 12.3. The third-order valence-electron chi connectivity index (χ3n) is 4.41. The minimum Gasteiger partial charge on any atom is -0.486 e. The van der Waals surface area contributed by atoms with Gasteiger partial charge in [0.2, 0.25) is 5.91 Å². The molecule has 0 saturated carbocycles. The number of carbonyl (C=O) groups excluding carboxylic acids is 2. The Morgan fingerprint density at radius 1 is 1.03 bits per heavy atom.